The van der Waals surface area contributed by atoms with Crippen LogP contribution in [0.25, 0.3) is 0 Å². The van der Waals surface area contributed by atoms with Crippen LogP contribution in [-0.4, -0.2) is 34.7 Å². The van der Waals surface area contributed by atoms with Gasteiger partial charge in [-0.15, -0.1) is 0 Å². The molecule has 0 atom stereocenters. The van der Waals surface area contributed by atoms with Crippen molar-refractivity contribution in [3.8, 4) is 0 Å². The van der Waals surface area contributed by atoms with Gasteiger partial charge < -0.3 is 11.1 Å². The zero-order valence-corrected chi connectivity index (χ0v) is 12.3. The average molecular weight is 288 g/mol. The minimum Gasteiger partial charge on any atom is -0.346 e. The molecular weight excluding hydrogens is 266 g/mol. The summed E-state index contributed by atoms with van der Waals surface area (Å²) in [6.45, 7) is 6.21. The minimum absolute atomic E-state index is 0.273. The smallest absolute Gasteiger partial charge is 0.277 e. The second-order valence-corrected chi connectivity index (χ2v) is 5.68. The number of alkyl halides is 2. The summed E-state index contributed by atoms with van der Waals surface area (Å²) in [4.78, 5) is 12.0. The molecule has 0 radical (unpaired) electrons. The first-order chi connectivity index (χ1) is 9.12. The largest absolute Gasteiger partial charge is 0.346 e. The van der Waals surface area contributed by atoms with E-state index in [2.05, 4.69) is 10.4 Å². The van der Waals surface area contributed by atoms with Crippen LogP contribution in [0.3, 0.4) is 0 Å². The summed E-state index contributed by atoms with van der Waals surface area (Å²) in [6, 6.07) is 0. The van der Waals surface area contributed by atoms with Crippen molar-refractivity contribution in [2.24, 2.45) is 5.73 Å². The molecule has 0 aliphatic rings. The zero-order chi connectivity index (χ0) is 15.6. The van der Waals surface area contributed by atoms with Crippen LogP contribution >= 0.6 is 0 Å². The Kier molecular flexibility index (Phi) is 4.86. The van der Waals surface area contributed by atoms with E-state index in [9.17, 15) is 13.6 Å². The number of carbonyl (C=O) groups is 1. The van der Waals surface area contributed by atoms with E-state index in [0.717, 1.165) is 5.69 Å². The van der Waals surface area contributed by atoms with Gasteiger partial charge >= 0.3 is 0 Å². The van der Waals surface area contributed by atoms with E-state index in [-0.39, 0.29) is 5.54 Å². The molecule has 1 aromatic heterocycles. The second kappa shape index (κ2) is 5.87. The van der Waals surface area contributed by atoms with Crippen LogP contribution in [0.1, 0.15) is 43.7 Å². The molecule has 0 unspecified atom stereocenters. The van der Waals surface area contributed by atoms with Crippen LogP contribution in [0.15, 0.2) is 6.20 Å². The molecule has 0 fully saturated rings. The zero-order valence-electron chi connectivity index (χ0n) is 12.3. The first kappa shape index (κ1) is 16.6. The molecule has 20 heavy (non-hydrogen) atoms. The molecule has 0 spiro atoms. The van der Waals surface area contributed by atoms with Crippen LogP contribution in [0.2, 0.25) is 0 Å². The molecule has 114 valence electrons. The number of hydrogen-bond donors (Lipinski definition) is 2. The quantitative estimate of drug-likeness (QED) is 0.863. The van der Waals surface area contributed by atoms with Gasteiger partial charge in [0, 0.05) is 0 Å². The van der Waals surface area contributed by atoms with Crippen molar-refractivity contribution in [1.82, 2.24) is 15.1 Å². The SMILES string of the molecule is CCc1c(C(=O)NCC(F)(F)CN)cnn1C(C)(C)C. The van der Waals surface area contributed by atoms with E-state index >= 15 is 0 Å². The van der Waals surface area contributed by atoms with Crippen molar-refractivity contribution in [3.63, 3.8) is 0 Å². The third-order valence-electron chi connectivity index (χ3n) is 2.89. The highest BCUT2D eigenvalue weighted by Crippen LogP contribution is 2.20. The van der Waals surface area contributed by atoms with Gasteiger partial charge in [0.1, 0.15) is 0 Å². The van der Waals surface area contributed by atoms with E-state index in [1.165, 1.54) is 6.20 Å². The minimum atomic E-state index is -3.10. The highest BCUT2D eigenvalue weighted by atomic mass is 19.3. The van der Waals surface area contributed by atoms with Crippen LogP contribution in [0, 0.1) is 0 Å². The lowest BCUT2D eigenvalue weighted by molar-refractivity contribution is 0.0118. The van der Waals surface area contributed by atoms with Crippen LogP contribution in [0.5, 0.6) is 0 Å². The van der Waals surface area contributed by atoms with E-state index < -0.39 is 24.9 Å². The summed E-state index contributed by atoms with van der Waals surface area (Å²) in [5, 5.41) is 6.39. The first-order valence-electron chi connectivity index (χ1n) is 6.56. The van der Waals surface area contributed by atoms with Crippen LogP contribution in [-0.2, 0) is 12.0 Å². The van der Waals surface area contributed by atoms with E-state index in [0.29, 0.717) is 12.0 Å². The van der Waals surface area contributed by atoms with E-state index in [1.54, 1.807) is 4.68 Å². The Hall–Kier alpha value is -1.50. The monoisotopic (exact) mass is 288 g/mol. The summed E-state index contributed by atoms with van der Waals surface area (Å²) in [5.41, 5.74) is 5.71. The number of aromatic nitrogens is 2. The average Bonchev–Trinajstić information content (AvgIpc) is 2.79. The van der Waals surface area contributed by atoms with Gasteiger partial charge in [0.15, 0.2) is 0 Å². The Morgan fingerprint density at radius 2 is 2.05 bits per heavy atom. The molecule has 1 heterocycles. The number of nitrogens with zero attached hydrogens (tertiary/aromatic N) is 2. The van der Waals surface area contributed by atoms with E-state index in [1.807, 2.05) is 27.7 Å². The Labute approximate surface area is 117 Å². The van der Waals surface area contributed by atoms with Crippen molar-refractivity contribution >= 4 is 5.91 Å². The lowest BCUT2D eigenvalue weighted by atomic mass is 10.1. The molecule has 0 aromatic carbocycles. The molecule has 7 heteroatoms. The predicted molar refractivity (Wildman–Crippen MR) is 72.9 cm³/mol. The predicted octanol–water partition coefficient (Wildman–Crippen LogP) is 1.52. The molecular formula is C13H22F2N4O. The number of amides is 1. The number of carbonyl (C=O) groups excluding carboxylic acids is 1. The van der Waals surface area contributed by atoms with Crippen molar-refractivity contribution < 1.29 is 13.6 Å². The van der Waals surface area contributed by atoms with Crippen molar-refractivity contribution in [3.05, 3.63) is 17.5 Å². The van der Waals surface area contributed by atoms with Gasteiger partial charge in [-0.2, -0.15) is 5.10 Å². The number of nitrogens with one attached hydrogen (secondary N) is 1. The van der Waals surface area contributed by atoms with Crippen LogP contribution in [0.4, 0.5) is 8.78 Å². The molecule has 0 aliphatic heterocycles. The number of rotatable bonds is 5. The molecule has 3 N–H and O–H groups in total. The Morgan fingerprint density at radius 1 is 1.45 bits per heavy atom. The fraction of sp³-hybridized carbons (Fsp3) is 0.692. The fourth-order valence-corrected chi connectivity index (χ4v) is 1.86. The van der Waals surface area contributed by atoms with Gasteiger partial charge in [-0.1, -0.05) is 6.92 Å². The van der Waals surface area contributed by atoms with Crippen molar-refractivity contribution in [1.29, 1.82) is 0 Å². The third-order valence-corrected chi connectivity index (χ3v) is 2.89. The highest BCUT2D eigenvalue weighted by Gasteiger charge is 2.29. The first-order valence-corrected chi connectivity index (χ1v) is 6.56. The van der Waals surface area contributed by atoms with Gasteiger partial charge in [-0.05, 0) is 27.2 Å². The summed E-state index contributed by atoms with van der Waals surface area (Å²) in [5.74, 6) is -3.65. The van der Waals surface area contributed by atoms with Crippen molar-refractivity contribution in [2.45, 2.75) is 45.6 Å². The Bertz CT molecular complexity index is 477. The Balaban J connectivity index is 2.92. The summed E-state index contributed by atoms with van der Waals surface area (Å²) in [6.07, 6.45) is 2.01. The molecule has 1 aromatic rings. The summed E-state index contributed by atoms with van der Waals surface area (Å²) < 4.78 is 27.8. The molecule has 0 saturated carbocycles. The lowest BCUT2D eigenvalue weighted by Crippen LogP contribution is -2.41. The lowest BCUT2D eigenvalue weighted by Gasteiger charge is -2.22. The molecule has 1 amide bonds. The van der Waals surface area contributed by atoms with E-state index in [4.69, 9.17) is 5.73 Å². The molecule has 0 saturated heterocycles. The maximum atomic E-state index is 13.0. The number of hydrogen-bond acceptors (Lipinski definition) is 3. The van der Waals surface area contributed by atoms with Gasteiger partial charge in [0.2, 0.25) is 0 Å². The molecule has 0 aliphatic carbocycles. The molecule has 5 nitrogen and oxygen atoms in total. The maximum absolute atomic E-state index is 13.0. The normalized spacial score (nSPS) is 12.6. The van der Waals surface area contributed by atoms with Gasteiger partial charge in [0.25, 0.3) is 11.8 Å². The Morgan fingerprint density at radius 3 is 2.50 bits per heavy atom. The van der Waals surface area contributed by atoms with Gasteiger partial charge in [-0.25, -0.2) is 8.78 Å². The molecule has 0 bridgehead atoms. The standard InChI is InChI=1S/C13H22F2N4O/c1-5-10-9(6-18-19(10)12(2,3)4)11(20)17-8-13(14,15)7-16/h6H,5,7-8,16H2,1-4H3,(H,17,20). The molecule has 1 rings (SSSR count). The summed E-state index contributed by atoms with van der Waals surface area (Å²) >= 11 is 0. The fourth-order valence-electron chi connectivity index (χ4n) is 1.86. The summed E-state index contributed by atoms with van der Waals surface area (Å²) in [7, 11) is 0. The third kappa shape index (κ3) is 3.75. The van der Waals surface area contributed by atoms with Crippen LogP contribution < -0.4 is 11.1 Å². The van der Waals surface area contributed by atoms with Crippen molar-refractivity contribution in [2.75, 3.05) is 13.1 Å². The topological polar surface area (TPSA) is 72.9 Å². The number of halogens is 2. The maximum Gasteiger partial charge on any atom is 0.277 e. The second-order valence-electron chi connectivity index (χ2n) is 5.68. The van der Waals surface area contributed by atoms with Gasteiger partial charge in [-0.3, -0.25) is 9.48 Å². The number of nitrogens with two attached hydrogens (primary N) is 1. The highest BCUT2D eigenvalue weighted by molar-refractivity contribution is 5.95. The van der Waals surface area contributed by atoms with Gasteiger partial charge in [0.05, 0.1) is 36.1 Å².